The summed E-state index contributed by atoms with van der Waals surface area (Å²) in [6, 6.07) is 23.7. The van der Waals surface area contributed by atoms with Crippen LogP contribution in [0, 0.1) is 11.2 Å². The first-order valence-electron chi connectivity index (χ1n) is 29.0. The van der Waals surface area contributed by atoms with Crippen molar-refractivity contribution in [2.24, 2.45) is 5.41 Å². The standard InChI is InChI=1S/C62H73FN8O11/c1-77-56-38-49-51(64-25-16-55(49)82-47-12-10-43(11-13-47)66-61(76)62(23-24-62)60(75)65-42-8-6-41(63)7-9-42)39-53(56)70-30-21-45(22-31-70)79-35-32-68-26-17-44(18-27-68)69-28-19-46(20-29-69)80-37-36-78-33-3-34-81-54-5-2-4-48-50(54)40-71(59(48)74)52-14-15-57(72)67-58(52)73/h2,4-13,16,25,38-39,44-46,52H,3,14-15,17-24,26-37,40H2,1H3,(H,65,75)(H,66,76)(H,67,72,73)/t52-/m0/s1. The third-order valence-corrected chi connectivity index (χ3v) is 17.0. The SMILES string of the molecule is COc1cc2c(Oc3ccc(NC(=O)C4(C(=O)Nc5ccc(F)cc5)CC4)cc3)ccnc2cc1N1CCC(OCCN2CCC(N3CCC(OCCOCCCOc4cccc5c4CN([C@H]4CCC(=O)NC4=O)C5=O)CC3)CC2)CC1. The number of likely N-dealkylation sites (tertiary alicyclic amines) is 2. The monoisotopic (exact) mass is 1120 g/mol. The lowest BCUT2D eigenvalue weighted by Gasteiger charge is -2.41. The minimum Gasteiger partial charge on any atom is -0.495 e. The summed E-state index contributed by atoms with van der Waals surface area (Å²) in [6.45, 7) is 9.97. The van der Waals surface area contributed by atoms with Crippen LogP contribution in [0.2, 0.25) is 0 Å². The third kappa shape index (κ3) is 13.3. The average Bonchev–Trinajstić information content (AvgIpc) is 4.44. The van der Waals surface area contributed by atoms with Gasteiger partial charge < -0.3 is 58.7 Å². The summed E-state index contributed by atoms with van der Waals surface area (Å²) in [7, 11) is 1.68. The predicted octanol–water partition coefficient (Wildman–Crippen LogP) is 7.71. The number of pyridine rings is 1. The van der Waals surface area contributed by atoms with Gasteiger partial charge in [-0.15, -0.1) is 0 Å². The van der Waals surface area contributed by atoms with Crippen molar-refractivity contribution in [3.8, 4) is 23.0 Å². The van der Waals surface area contributed by atoms with E-state index in [1.54, 1.807) is 49.7 Å². The number of benzene rings is 4. The number of aromatic nitrogens is 1. The van der Waals surface area contributed by atoms with E-state index >= 15 is 0 Å². The maximum Gasteiger partial charge on any atom is 0.255 e. The molecule has 19 nitrogen and oxygen atoms in total. The Balaban J connectivity index is 0.542. The maximum atomic E-state index is 13.4. The fourth-order valence-electron chi connectivity index (χ4n) is 12.0. The van der Waals surface area contributed by atoms with Crippen LogP contribution in [-0.4, -0.2) is 159 Å². The number of carbonyl (C=O) groups is 5. The zero-order chi connectivity index (χ0) is 56.6. The van der Waals surface area contributed by atoms with E-state index in [4.69, 9.17) is 33.4 Å². The molecule has 0 radical (unpaired) electrons. The molecule has 5 aliphatic heterocycles. The molecule has 1 saturated carbocycles. The fraction of sp³-hybridized carbons (Fsp3) is 0.484. The maximum absolute atomic E-state index is 13.4. The van der Waals surface area contributed by atoms with E-state index in [0.29, 0.717) is 92.3 Å². The number of halogens is 1. The molecule has 434 valence electrons. The highest BCUT2D eigenvalue weighted by Crippen LogP contribution is 2.48. The number of nitrogens with one attached hydrogen (secondary N) is 3. The number of hydrogen-bond donors (Lipinski definition) is 3. The Morgan fingerprint density at radius 3 is 2.12 bits per heavy atom. The highest BCUT2D eigenvalue weighted by atomic mass is 19.1. The van der Waals surface area contributed by atoms with Crippen LogP contribution in [-0.2, 0) is 39.9 Å². The summed E-state index contributed by atoms with van der Waals surface area (Å²) < 4.78 is 50.3. The quantitative estimate of drug-likeness (QED) is 0.0326. The van der Waals surface area contributed by atoms with Crippen molar-refractivity contribution < 1.29 is 56.8 Å². The van der Waals surface area contributed by atoms with Gasteiger partial charge in [0.15, 0.2) is 0 Å². The third-order valence-electron chi connectivity index (χ3n) is 17.0. The number of rotatable bonds is 23. The second kappa shape index (κ2) is 25.9. The van der Waals surface area contributed by atoms with Crippen molar-refractivity contribution in [2.75, 3.05) is 101 Å². The van der Waals surface area contributed by atoms with Crippen molar-refractivity contribution in [3.63, 3.8) is 0 Å². The van der Waals surface area contributed by atoms with Crippen LogP contribution in [0.1, 0.15) is 86.6 Å². The molecule has 5 aromatic rings. The van der Waals surface area contributed by atoms with Gasteiger partial charge >= 0.3 is 0 Å². The second-order valence-electron chi connectivity index (χ2n) is 22.2. The molecular weight excluding hydrogens is 1050 g/mol. The smallest absolute Gasteiger partial charge is 0.255 e. The van der Waals surface area contributed by atoms with Gasteiger partial charge in [0.1, 0.15) is 40.3 Å². The Morgan fingerprint density at radius 2 is 1.43 bits per heavy atom. The van der Waals surface area contributed by atoms with Gasteiger partial charge in [0.2, 0.25) is 23.6 Å². The van der Waals surface area contributed by atoms with Gasteiger partial charge in [-0.2, -0.15) is 0 Å². The molecular formula is C62H73FN8O11. The Labute approximate surface area is 477 Å². The molecule has 4 aromatic carbocycles. The van der Waals surface area contributed by atoms with E-state index < -0.39 is 35.0 Å². The number of carbonyl (C=O) groups excluding carboxylic acids is 5. The van der Waals surface area contributed by atoms with Gasteiger partial charge in [-0.25, -0.2) is 4.39 Å². The molecule has 0 spiro atoms. The first kappa shape index (κ1) is 56.6. The van der Waals surface area contributed by atoms with E-state index in [1.165, 1.54) is 42.0 Å². The lowest BCUT2D eigenvalue weighted by molar-refractivity contribution is -0.137. The molecule has 1 atom stereocenters. The highest BCUT2D eigenvalue weighted by molar-refractivity contribution is 6.17. The van der Waals surface area contributed by atoms with Gasteiger partial charge in [0, 0.05) is 92.3 Å². The molecule has 11 rings (SSSR count). The van der Waals surface area contributed by atoms with Gasteiger partial charge in [-0.05, 0) is 150 Å². The molecule has 4 saturated heterocycles. The van der Waals surface area contributed by atoms with Crippen LogP contribution in [0.15, 0.2) is 91.1 Å². The van der Waals surface area contributed by atoms with Crippen LogP contribution < -0.4 is 35.1 Å². The summed E-state index contributed by atoms with van der Waals surface area (Å²) >= 11 is 0. The molecule has 6 heterocycles. The number of methoxy groups -OCH3 is 1. The Kier molecular flexibility index (Phi) is 17.9. The number of fused-ring (bicyclic) bond motifs is 2. The molecule has 82 heavy (non-hydrogen) atoms. The van der Waals surface area contributed by atoms with E-state index in [9.17, 15) is 28.4 Å². The Morgan fingerprint density at radius 1 is 0.732 bits per heavy atom. The van der Waals surface area contributed by atoms with Crippen LogP contribution in [0.3, 0.4) is 0 Å². The molecule has 20 heteroatoms. The molecule has 0 unspecified atom stereocenters. The zero-order valence-corrected chi connectivity index (χ0v) is 46.5. The van der Waals surface area contributed by atoms with Gasteiger partial charge in [-0.3, -0.25) is 34.3 Å². The second-order valence-corrected chi connectivity index (χ2v) is 22.2. The molecule has 0 bridgehead atoms. The summed E-state index contributed by atoms with van der Waals surface area (Å²) in [4.78, 5) is 77.3. The lowest BCUT2D eigenvalue weighted by atomic mass is 9.99. The highest BCUT2D eigenvalue weighted by Gasteiger charge is 2.56. The number of ether oxygens (including phenoxy) is 6. The Bertz CT molecular complexity index is 3080. The van der Waals surface area contributed by atoms with Crippen LogP contribution >= 0.6 is 0 Å². The molecule has 1 aromatic heterocycles. The number of imide groups is 1. The fourth-order valence-corrected chi connectivity index (χ4v) is 12.0. The van der Waals surface area contributed by atoms with Gasteiger partial charge in [0.25, 0.3) is 5.91 Å². The number of amides is 5. The summed E-state index contributed by atoms with van der Waals surface area (Å²) in [6.07, 6.45) is 10.5. The van der Waals surface area contributed by atoms with E-state index in [-0.39, 0.29) is 37.0 Å². The van der Waals surface area contributed by atoms with E-state index in [1.807, 2.05) is 18.2 Å². The summed E-state index contributed by atoms with van der Waals surface area (Å²) in [5.74, 6) is 0.388. The van der Waals surface area contributed by atoms with Gasteiger partial charge in [0.05, 0.1) is 63.5 Å². The molecule has 5 fully saturated rings. The minimum absolute atomic E-state index is 0.204. The van der Waals surface area contributed by atoms with Crippen LogP contribution in [0.5, 0.6) is 23.0 Å². The Hall–Kier alpha value is -7.23. The first-order chi connectivity index (χ1) is 40.0. The molecule has 6 aliphatic rings. The number of nitrogens with zero attached hydrogens (tertiary/aromatic N) is 5. The van der Waals surface area contributed by atoms with Crippen molar-refractivity contribution >= 4 is 57.5 Å². The number of anilines is 3. The predicted molar refractivity (Wildman–Crippen MR) is 305 cm³/mol. The van der Waals surface area contributed by atoms with Crippen molar-refractivity contribution in [2.45, 2.75) is 101 Å². The van der Waals surface area contributed by atoms with Gasteiger partial charge in [-0.1, -0.05) is 6.07 Å². The minimum atomic E-state index is -1.17. The first-order valence-corrected chi connectivity index (χ1v) is 29.0. The van der Waals surface area contributed by atoms with Crippen LogP contribution in [0.25, 0.3) is 10.9 Å². The largest absolute Gasteiger partial charge is 0.495 e. The normalized spacial score (nSPS) is 19.9. The average molecular weight is 1130 g/mol. The molecule has 1 aliphatic carbocycles. The van der Waals surface area contributed by atoms with Crippen molar-refractivity contribution in [1.82, 2.24) is 25.0 Å². The zero-order valence-electron chi connectivity index (χ0n) is 46.5. The van der Waals surface area contributed by atoms with Crippen molar-refractivity contribution in [3.05, 3.63) is 108 Å². The van der Waals surface area contributed by atoms with Crippen molar-refractivity contribution in [1.29, 1.82) is 0 Å². The number of hydrogen-bond acceptors (Lipinski definition) is 15. The molecule has 3 N–H and O–H groups in total. The topological polar surface area (TPSA) is 203 Å². The summed E-state index contributed by atoms with van der Waals surface area (Å²) in [5, 5.41) is 8.76. The van der Waals surface area contributed by atoms with E-state index in [0.717, 1.165) is 106 Å². The number of piperidine rings is 4. The molecule has 5 amide bonds. The van der Waals surface area contributed by atoms with E-state index in [2.05, 4.69) is 36.7 Å². The lowest BCUT2D eigenvalue weighted by Crippen LogP contribution is -2.52. The summed E-state index contributed by atoms with van der Waals surface area (Å²) in [5.41, 5.74) is 2.87. The van der Waals surface area contributed by atoms with Crippen LogP contribution in [0.4, 0.5) is 21.5 Å².